The zero-order valence-corrected chi connectivity index (χ0v) is 19.3. The van der Waals surface area contributed by atoms with E-state index in [9.17, 15) is 23.7 Å². The molecule has 0 aliphatic rings. The summed E-state index contributed by atoms with van der Waals surface area (Å²) < 4.78 is 45.0. The predicted octanol–water partition coefficient (Wildman–Crippen LogP) is 5.14. The third-order valence-electron chi connectivity index (χ3n) is 4.12. The number of benzene rings is 1. The molecule has 0 aliphatic heterocycles. The van der Waals surface area contributed by atoms with Crippen LogP contribution in [0.5, 0.6) is 5.75 Å². The topological polar surface area (TPSA) is 86.5 Å². The Hall–Kier alpha value is -3.11. The highest BCUT2D eigenvalue weighted by molar-refractivity contribution is 7.09. The van der Waals surface area contributed by atoms with Crippen molar-refractivity contribution in [3.05, 3.63) is 45.2 Å². The maximum atomic E-state index is 12.7. The average Bonchev–Trinajstić information content (AvgIpc) is 3.07. The van der Waals surface area contributed by atoms with Crippen LogP contribution in [0.15, 0.2) is 34.4 Å². The molecule has 0 aliphatic carbocycles. The van der Waals surface area contributed by atoms with Gasteiger partial charge in [0, 0.05) is 17.6 Å². The van der Waals surface area contributed by atoms with E-state index in [1.165, 1.54) is 29.5 Å². The van der Waals surface area contributed by atoms with Gasteiger partial charge < -0.3 is 9.30 Å². The summed E-state index contributed by atoms with van der Waals surface area (Å²) in [6, 6.07) is 5.83. The smallest absolute Gasteiger partial charge is 0.422 e. The first kappa shape index (κ1) is 25.2. The number of ether oxygens (including phenoxy) is 1. The van der Waals surface area contributed by atoms with Crippen LogP contribution in [0.3, 0.4) is 0 Å². The first-order valence-electron chi connectivity index (χ1n) is 9.80. The van der Waals surface area contributed by atoms with Crippen molar-refractivity contribution in [3.8, 4) is 18.0 Å². The Balaban J connectivity index is 2.69. The lowest BCUT2D eigenvalue weighted by atomic mass is 9.95. The molecular weight excluding hydrogens is 439 g/mol. The van der Waals surface area contributed by atoms with Crippen LogP contribution >= 0.6 is 11.3 Å². The van der Waals surface area contributed by atoms with Crippen LogP contribution in [-0.2, 0) is 12.0 Å². The van der Waals surface area contributed by atoms with Crippen molar-refractivity contribution < 1.29 is 17.9 Å². The molecule has 0 saturated carbocycles. The number of nitriles is 2. The highest BCUT2D eigenvalue weighted by Gasteiger charge is 2.29. The SMILES string of the molecule is CC(C)Cn1cc(C(C)(C)C)s/c1=N\C(=N\C#N)c1cc(C#N)ccc1OCC(F)(F)F. The van der Waals surface area contributed by atoms with Gasteiger partial charge in [0.1, 0.15) is 5.75 Å². The van der Waals surface area contributed by atoms with Crippen molar-refractivity contribution >= 4 is 17.2 Å². The van der Waals surface area contributed by atoms with Gasteiger partial charge in [0.25, 0.3) is 0 Å². The Morgan fingerprint density at radius 2 is 1.91 bits per heavy atom. The second-order valence-electron chi connectivity index (χ2n) is 8.55. The molecule has 0 N–H and O–H groups in total. The molecule has 0 spiro atoms. The molecule has 10 heteroatoms. The minimum absolute atomic E-state index is 0.0386. The minimum Gasteiger partial charge on any atom is -0.483 e. The maximum absolute atomic E-state index is 12.7. The monoisotopic (exact) mass is 463 g/mol. The summed E-state index contributed by atoms with van der Waals surface area (Å²) in [7, 11) is 0. The highest BCUT2D eigenvalue weighted by Crippen LogP contribution is 2.26. The molecule has 0 bridgehead atoms. The van der Waals surface area contributed by atoms with Crippen LogP contribution in [0.2, 0.25) is 0 Å². The summed E-state index contributed by atoms with van der Waals surface area (Å²) in [5.41, 5.74) is 0.0688. The zero-order valence-electron chi connectivity index (χ0n) is 18.5. The van der Waals surface area contributed by atoms with Gasteiger partial charge in [-0.15, -0.1) is 11.3 Å². The van der Waals surface area contributed by atoms with Crippen LogP contribution in [-0.4, -0.2) is 23.2 Å². The van der Waals surface area contributed by atoms with Crippen molar-refractivity contribution in [2.45, 2.75) is 52.8 Å². The van der Waals surface area contributed by atoms with Gasteiger partial charge in [0.2, 0.25) is 6.19 Å². The van der Waals surface area contributed by atoms with E-state index in [-0.39, 0.29) is 28.1 Å². The molecule has 2 aromatic rings. The molecular formula is C22H24F3N5OS. The quantitative estimate of drug-likeness (QED) is 0.349. The van der Waals surface area contributed by atoms with E-state index >= 15 is 0 Å². The predicted molar refractivity (Wildman–Crippen MR) is 116 cm³/mol. The molecule has 1 aromatic carbocycles. The van der Waals surface area contributed by atoms with Crippen molar-refractivity contribution in [3.63, 3.8) is 0 Å². The Kier molecular flexibility index (Phi) is 7.87. The number of aromatic nitrogens is 1. The van der Waals surface area contributed by atoms with E-state index in [1.807, 2.05) is 16.8 Å². The molecule has 170 valence electrons. The van der Waals surface area contributed by atoms with E-state index < -0.39 is 12.8 Å². The van der Waals surface area contributed by atoms with Gasteiger partial charge in [-0.3, -0.25) is 0 Å². The summed E-state index contributed by atoms with van der Waals surface area (Å²) in [6.45, 7) is 9.42. The van der Waals surface area contributed by atoms with Gasteiger partial charge in [0.05, 0.1) is 17.2 Å². The molecule has 0 unspecified atom stereocenters. The lowest BCUT2D eigenvalue weighted by molar-refractivity contribution is -0.153. The molecule has 2 rings (SSSR count). The van der Waals surface area contributed by atoms with Crippen LogP contribution in [0, 0.1) is 28.7 Å². The summed E-state index contributed by atoms with van der Waals surface area (Å²) in [5.74, 6) is 0.0176. The summed E-state index contributed by atoms with van der Waals surface area (Å²) in [5, 5.41) is 18.5. The van der Waals surface area contributed by atoms with Gasteiger partial charge in [-0.25, -0.2) is 0 Å². The maximum Gasteiger partial charge on any atom is 0.422 e. The third kappa shape index (κ3) is 6.96. The second-order valence-corrected chi connectivity index (χ2v) is 9.56. The summed E-state index contributed by atoms with van der Waals surface area (Å²) in [4.78, 5) is 9.86. The number of aliphatic imine (C=N–C) groups is 1. The fourth-order valence-corrected chi connectivity index (χ4v) is 3.74. The van der Waals surface area contributed by atoms with Crippen molar-refractivity contribution in [2.24, 2.45) is 15.9 Å². The molecule has 0 saturated heterocycles. The van der Waals surface area contributed by atoms with Crippen LogP contribution in [0.25, 0.3) is 0 Å². The third-order valence-corrected chi connectivity index (χ3v) is 5.57. The largest absolute Gasteiger partial charge is 0.483 e. The van der Waals surface area contributed by atoms with Crippen molar-refractivity contribution in [1.29, 1.82) is 10.5 Å². The van der Waals surface area contributed by atoms with Crippen molar-refractivity contribution in [1.82, 2.24) is 4.57 Å². The number of hydrogen-bond donors (Lipinski definition) is 0. The summed E-state index contributed by atoms with van der Waals surface area (Å²) in [6.07, 6.45) is -0.915. The van der Waals surface area contributed by atoms with Crippen LogP contribution in [0.1, 0.15) is 50.6 Å². The standard InChI is InChI=1S/C22H24F3N5OS/c1-14(2)10-30-11-18(21(3,4)5)32-20(30)29-19(28-13-27)16-8-15(9-26)6-7-17(16)31-12-22(23,24)25/h6-8,11,14H,10,12H2,1-5H3/b28-19+,29-20-. The van der Waals surface area contributed by atoms with Gasteiger partial charge in [-0.2, -0.15) is 33.7 Å². The molecule has 6 nitrogen and oxygen atoms in total. The Labute approximate surface area is 188 Å². The van der Waals surface area contributed by atoms with E-state index in [2.05, 4.69) is 44.6 Å². The normalized spacial score (nSPS) is 13.2. The molecule has 1 heterocycles. The molecule has 32 heavy (non-hydrogen) atoms. The van der Waals surface area contributed by atoms with Crippen molar-refractivity contribution in [2.75, 3.05) is 6.61 Å². The number of nitrogens with zero attached hydrogens (tertiary/aromatic N) is 5. The Morgan fingerprint density at radius 1 is 1.22 bits per heavy atom. The van der Waals surface area contributed by atoms with Gasteiger partial charge in [-0.05, 0) is 29.5 Å². The zero-order chi connectivity index (χ0) is 24.1. The van der Waals surface area contributed by atoms with Gasteiger partial charge in [-0.1, -0.05) is 34.6 Å². The molecule has 0 fully saturated rings. The van der Waals surface area contributed by atoms with E-state index in [4.69, 9.17) is 4.74 Å². The van der Waals surface area contributed by atoms with Crippen LogP contribution in [0.4, 0.5) is 13.2 Å². The number of rotatable bonds is 5. The number of alkyl halides is 3. The number of amidine groups is 1. The molecule has 0 amide bonds. The van der Waals surface area contributed by atoms with E-state index in [1.54, 1.807) is 6.19 Å². The van der Waals surface area contributed by atoms with Gasteiger partial charge in [0.15, 0.2) is 17.2 Å². The Morgan fingerprint density at radius 3 is 2.44 bits per heavy atom. The number of hydrogen-bond acceptors (Lipinski definition) is 5. The average molecular weight is 464 g/mol. The number of thiazole rings is 1. The highest BCUT2D eigenvalue weighted by atomic mass is 32.1. The van der Waals surface area contributed by atoms with E-state index in [0.29, 0.717) is 17.3 Å². The minimum atomic E-state index is -4.55. The lowest BCUT2D eigenvalue weighted by Crippen LogP contribution is -2.21. The second kappa shape index (κ2) is 10.0. The summed E-state index contributed by atoms with van der Waals surface area (Å²) >= 11 is 1.41. The molecule has 0 radical (unpaired) electrons. The lowest BCUT2D eigenvalue weighted by Gasteiger charge is -2.14. The van der Waals surface area contributed by atoms with E-state index in [0.717, 1.165) is 4.88 Å². The molecule has 0 atom stereocenters. The van der Waals surface area contributed by atoms with Gasteiger partial charge >= 0.3 is 6.18 Å². The Bertz CT molecular complexity index is 1140. The molecule has 1 aromatic heterocycles. The first-order chi connectivity index (χ1) is 14.8. The number of halogens is 3. The fourth-order valence-electron chi connectivity index (χ4n) is 2.68. The fraction of sp³-hybridized carbons (Fsp3) is 0.455. The first-order valence-corrected chi connectivity index (χ1v) is 10.6. The van der Waals surface area contributed by atoms with Crippen LogP contribution < -0.4 is 9.54 Å².